The van der Waals surface area contributed by atoms with Crippen LogP contribution >= 0.6 is 11.8 Å². The maximum absolute atomic E-state index is 8.79. The summed E-state index contributed by atoms with van der Waals surface area (Å²) in [6.07, 6.45) is 0. The standard InChI is InChI=1S/C15H17N3O4S/c1-9(7-16)8-23-15-18-17-14(22-15)10-5-11(19-2)13(21-4)12(6-10)20-3/h5-6,9H,8H2,1-4H3/t9-/m1/s1. The van der Waals surface area contributed by atoms with E-state index in [0.29, 0.717) is 39.7 Å². The summed E-state index contributed by atoms with van der Waals surface area (Å²) in [5.41, 5.74) is 0.659. The monoisotopic (exact) mass is 335 g/mol. The Morgan fingerprint density at radius 2 is 1.83 bits per heavy atom. The van der Waals surface area contributed by atoms with Gasteiger partial charge in [-0.1, -0.05) is 11.8 Å². The number of benzene rings is 1. The van der Waals surface area contributed by atoms with Gasteiger partial charge in [0.15, 0.2) is 11.5 Å². The third kappa shape index (κ3) is 3.87. The van der Waals surface area contributed by atoms with Crippen LogP contribution in [0.2, 0.25) is 0 Å². The lowest BCUT2D eigenvalue weighted by Gasteiger charge is -2.12. The minimum absolute atomic E-state index is 0.0866. The predicted octanol–water partition coefficient (Wildman–Crippen LogP) is 3.01. The quantitative estimate of drug-likeness (QED) is 0.713. The molecule has 0 spiro atoms. The van der Waals surface area contributed by atoms with Crippen LogP contribution < -0.4 is 14.2 Å². The van der Waals surface area contributed by atoms with E-state index in [9.17, 15) is 0 Å². The van der Waals surface area contributed by atoms with Gasteiger partial charge in [0, 0.05) is 11.3 Å². The summed E-state index contributed by atoms with van der Waals surface area (Å²) in [4.78, 5) is 0. The zero-order valence-corrected chi connectivity index (χ0v) is 14.1. The number of nitrogens with zero attached hydrogens (tertiary/aromatic N) is 3. The van der Waals surface area contributed by atoms with Gasteiger partial charge in [-0.2, -0.15) is 5.26 Å². The van der Waals surface area contributed by atoms with E-state index in [1.807, 2.05) is 6.92 Å². The fourth-order valence-corrected chi connectivity index (χ4v) is 2.53. The summed E-state index contributed by atoms with van der Waals surface area (Å²) >= 11 is 1.35. The van der Waals surface area contributed by atoms with Crippen molar-refractivity contribution in [2.45, 2.75) is 12.1 Å². The number of methoxy groups -OCH3 is 3. The van der Waals surface area contributed by atoms with Crippen LogP contribution in [0, 0.1) is 17.2 Å². The minimum Gasteiger partial charge on any atom is -0.493 e. The third-order valence-electron chi connectivity index (χ3n) is 3.00. The Labute approximate surface area is 138 Å². The first-order valence-corrected chi connectivity index (χ1v) is 7.77. The molecule has 0 amide bonds. The molecule has 0 aliphatic heterocycles. The van der Waals surface area contributed by atoms with E-state index < -0.39 is 0 Å². The fraction of sp³-hybridized carbons (Fsp3) is 0.400. The molecule has 0 bridgehead atoms. The SMILES string of the molecule is COc1cc(-c2nnc(SC[C@H](C)C#N)o2)cc(OC)c1OC. The Morgan fingerprint density at radius 1 is 1.17 bits per heavy atom. The number of thioether (sulfide) groups is 1. The molecular formula is C15H17N3O4S. The average Bonchev–Trinajstić information content (AvgIpc) is 3.07. The topological polar surface area (TPSA) is 90.4 Å². The van der Waals surface area contributed by atoms with Crippen LogP contribution in [0.15, 0.2) is 21.8 Å². The van der Waals surface area contributed by atoms with Gasteiger partial charge >= 0.3 is 0 Å². The van der Waals surface area contributed by atoms with E-state index in [2.05, 4.69) is 16.3 Å². The highest BCUT2D eigenvalue weighted by Gasteiger charge is 2.17. The molecule has 122 valence electrons. The molecule has 1 aromatic carbocycles. The van der Waals surface area contributed by atoms with Crippen molar-refractivity contribution in [3.05, 3.63) is 12.1 Å². The molecule has 23 heavy (non-hydrogen) atoms. The van der Waals surface area contributed by atoms with Crippen LogP contribution in [-0.4, -0.2) is 37.3 Å². The largest absolute Gasteiger partial charge is 0.493 e. The predicted molar refractivity (Wildman–Crippen MR) is 84.9 cm³/mol. The zero-order chi connectivity index (χ0) is 16.8. The number of hydrogen-bond acceptors (Lipinski definition) is 8. The van der Waals surface area contributed by atoms with Crippen LogP contribution in [0.5, 0.6) is 17.2 Å². The van der Waals surface area contributed by atoms with E-state index >= 15 is 0 Å². The molecule has 7 nitrogen and oxygen atoms in total. The van der Waals surface area contributed by atoms with Crippen LogP contribution in [0.4, 0.5) is 0 Å². The Balaban J connectivity index is 2.28. The van der Waals surface area contributed by atoms with E-state index in [1.165, 1.54) is 18.9 Å². The van der Waals surface area contributed by atoms with Crippen molar-refractivity contribution in [1.29, 1.82) is 5.26 Å². The molecule has 0 saturated carbocycles. The van der Waals surface area contributed by atoms with E-state index in [1.54, 1.807) is 26.4 Å². The maximum Gasteiger partial charge on any atom is 0.276 e. The number of rotatable bonds is 7. The van der Waals surface area contributed by atoms with E-state index in [0.717, 1.165) is 0 Å². The van der Waals surface area contributed by atoms with Gasteiger partial charge in [0.2, 0.25) is 11.6 Å². The molecule has 0 aliphatic carbocycles. The second-order valence-corrected chi connectivity index (χ2v) is 5.60. The van der Waals surface area contributed by atoms with Gasteiger partial charge in [-0.15, -0.1) is 10.2 Å². The number of ether oxygens (including phenoxy) is 3. The van der Waals surface area contributed by atoms with Crippen molar-refractivity contribution in [2.75, 3.05) is 27.1 Å². The van der Waals surface area contributed by atoms with Gasteiger partial charge in [0.25, 0.3) is 5.22 Å². The van der Waals surface area contributed by atoms with Crippen LogP contribution in [0.1, 0.15) is 6.92 Å². The highest BCUT2D eigenvalue weighted by Crippen LogP contribution is 2.41. The normalized spacial score (nSPS) is 11.6. The lowest BCUT2D eigenvalue weighted by Crippen LogP contribution is -1.95. The molecule has 2 rings (SSSR count). The molecule has 0 N–H and O–H groups in total. The fourth-order valence-electron chi connectivity index (χ4n) is 1.82. The van der Waals surface area contributed by atoms with Crippen molar-refractivity contribution >= 4 is 11.8 Å². The van der Waals surface area contributed by atoms with Gasteiger partial charge in [-0.05, 0) is 19.1 Å². The molecule has 1 aromatic heterocycles. The molecule has 1 heterocycles. The summed E-state index contributed by atoms with van der Waals surface area (Å²) in [5, 5.41) is 17.2. The molecule has 0 saturated heterocycles. The Hall–Kier alpha value is -2.40. The second-order valence-electron chi connectivity index (χ2n) is 4.63. The Morgan fingerprint density at radius 3 is 2.35 bits per heavy atom. The highest BCUT2D eigenvalue weighted by molar-refractivity contribution is 7.99. The van der Waals surface area contributed by atoms with Gasteiger partial charge in [0.1, 0.15) is 0 Å². The molecule has 0 aliphatic rings. The lowest BCUT2D eigenvalue weighted by molar-refractivity contribution is 0.324. The van der Waals surface area contributed by atoms with Crippen molar-refractivity contribution in [3.63, 3.8) is 0 Å². The molecule has 1 atom stereocenters. The van der Waals surface area contributed by atoms with Crippen molar-refractivity contribution in [3.8, 4) is 34.8 Å². The Bertz CT molecular complexity index is 686. The van der Waals surface area contributed by atoms with Crippen molar-refractivity contribution in [1.82, 2.24) is 10.2 Å². The molecule has 8 heteroatoms. The molecule has 0 unspecified atom stereocenters. The molecular weight excluding hydrogens is 318 g/mol. The lowest BCUT2D eigenvalue weighted by atomic mass is 10.2. The smallest absolute Gasteiger partial charge is 0.276 e. The van der Waals surface area contributed by atoms with Crippen molar-refractivity contribution < 1.29 is 18.6 Å². The summed E-state index contributed by atoms with van der Waals surface area (Å²) in [6.45, 7) is 1.84. The summed E-state index contributed by atoms with van der Waals surface area (Å²) in [5.74, 6) is 2.36. The number of nitriles is 1. The summed E-state index contributed by atoms with van der Waals surface area (Å²) in [7, 11) is 4.62. The van der Waals surface area contributed by atoms with Gasteiger partial charge in [-0.25, -0.2) is 0 Å². The van der Waals surface area contributed by atoms with Gasteiger partial charge in [0.05, 0.1) is 33.3 Å². The average molecular weight is 335 g/mol. The summed E-state index contributed by atoms with van der Waals surface area (Å²) in [6, 6.07) is 5.63. The molecule has 0 fully saturated rings. The van der Waals surface area contributed by atoms with Gasteiger partial charge in [-0.3, -0.25) is 0 Å². The van der Waals surface area contributed by atoms with Crippen LogP contribution in [0.3, 0.4) is 0 Å². The molecule has 2 aromatic rings. The van der Waals surface area contributed by atoms with Crippen LogP contribution in [-0.2, 0) is 0 Å². The first kappa shape index (κ1) is 17.0. The van der Waals surface area contributed by atoms with Crippen LogP contribution in [0.25, 0.3) is 11.5 Å². The highest BCUT2D eigenvalue weighted by atomic mass is 32.2. The number of aromatic nitrogens is 2. The first-order valence-electron chi connectivity index (χ1n) is 6.79. The zero-order valence-electron chi connectivity index (χ0n) is 13.3. The second kappa shape index (κ2) is 7.74. The Kier molecular flexibility index (Phi) is 5.71. The van der Waals surface area contributed by atoms with E-state index in [4.69, 9.17) is 23.9 Å². The van der Waals surface area contributed by atoms with Gasteiger partial charge < -0.3 is 18.6 Å². The number of hydrogen-bond donors (Lipinski definition) is 0. The summed E-state index contributed by atoms with van der Waals surface area (Å²) < 4.78 is 21.5. The van der Waals surface area contributed by atoms with Crippen molar-refractivity contribution in [2.24, 2.45) is 5.92 Å². The minimum atomic E-state index is -0.0866. The third-order valence-corrected chi connectivity index (χ3v) is 4.07. The molecule has 0 radical (unpaired) electrons. The first-order chi connectivity index (χ1) is 11.1. The maximum atomic E-state index is 8.79. The van der Waals surface area contributed by atoms with E-state index in [-0.39, 0.29) is 5.92 Å².